The Bertz CT molecular complexity index is 360. The van der Waals surface area contributed by atoms with Crippen LogP contribution in [-0.4, -0.2) is 32.0 Å². The van der Waals surface area contributed by atoms with E-state index in [-0.39, 0.29) is 11.3 Å². The summed E-state index contributed by atoms with van der Waals surface area (Å²) in [6, 6.07) is 0.193. The van der Waals surface area contributed by atoms with Gasteiger partial charge in [0.1, 0.15) is 0 Å². The molecule has 0 aromatic rings. The molecular weight excluding hydrogens is 258 g/mol. The second kappa shape index (κ2) is 7.07. The van der Waals surface area contributed by atoms with Crippen LogP contribution < -0.4 is 5.32 Å². The minimum atomic E-state index is -2.86. The van der Waals surface area contributed by atoms with Crippen LogP contribution in [0.4, 0.5) is 0 Å². The van der Waals surface area contributed by atoms with Gasteiger partial charge in [0.05, 0.1) is 11.0 Å². The molecule has 3 nitrogen and oxygen atoms in total. The van der Waals surface area contributed by atoms with Crippen LogP contribution in [0.5, 0.6) is 0 Å². The van der Waals surface area contributed by atoms with Crippen molar-refractivity contribution < 1.29 is 8.42 Å². The predicted octanol–water partition coefficient (Wildman–Crippen LogP) is 2.90. The molecule has 1 saturated carbocycles. The van der Waals surface area contributed by atoms with Crippen LogP contribution in [0, 0.1) is 5.92 Å². The summed E-state index contributed by atoms with van der Waals surface area (Å²) >= 11 is 0. The van der Waals surface area contributed by atoms with Gasteiger partial charge in [-0.05, 0) is 31.7 Å². The Labute approximate surface area is 118 Å². The number of nitrogens with one attached hydrogen (secondary N) is 1. The van der Waals surface area contributed by atoms with Crippen molar-refractivity contribution in [2.45, 2.75) is 76.0 Å². The van der Waals surface area contributed by atoms with Gasteiger partial charge < -0.3 is 5.32 Å². The molecule has 1 N–H and O–H groups in total. The van der Waals surface area contributed by atoms with E-state index >= 15 is 0 Å². The van der Waals surface area contributed by atoms with Crippen LogP contribution in [0.25, 0.3) is 0 Å². The van der Waals surface area contributed by atoms with E-state index in [0.717, 1.165) is 38.1 Å². The summed E-state index contributed by atoms with van der Waals surface area (Å²) in [6.45, 7) is 2.97. The normalized spacial score (nSPS) is 30.1. The molecule has 0 aromatic heterocycles. The second-order valence-corrected chi connectivity index (χ2v) is 8.64. The summed E-state index contributed by atoms with van der Waals surface area (Å²) < 4.78 is 24.6. The Morgan fingerprint density at radius 2 is 1.74 bits per heavy atom. The second-order valence-electron chi connectivity index (χ2n) is 6.31. The molecule has 0 spiro atoms. The Morgan fingerprint density at radius 3 is 2.37 bits per heavy atom. The largest absolute Gasteiger partial charge is 0.313 e. The SMILES string of the molecule is CCNC(CC1CCCCC1)C1CCCCS1(=O)=O. The average molecular weight is 287 g/mol. The average Bonchev–Trinajstić information content (AvgIpc) is 2.39. The molecule has 0 radical (unpaired) electrons. The van der Waals surface area contributed by atoms with Gasteiger partial charge >= 0.3 is 0 Å². The summed E-state index contributed by atoms with van der Waals surface area (Å²) in [5.74, 6) is 1.15. The fourth-order valence-corrected chi connectivity index (χ4v) is 5.98. The fourth-order valence-electron chi connectivity index (χ4n) is 3.84. The quantitative estimate of drug-likeness (QED) is 0.845. The number of rotatable bonds is 5. The van der Waals surface area contributed by atoms with Gasteiger partial charge in [0, 0.05) is 6.04 Å². The first kappa shape index (κ1) is 15.3. The monoisotopic (exact) mass is 287 g/mol. The van der Waals surface area contributed by atoms with Gasteiger partial charge in [0.25, 0.3) is 0 Å². The first-order valence-electron chi connectivity index (χ1n) is 8.08. The van der Waals surface area contributed by atoms with Crippen molar-refractivity contribution in [1.82, 2.24) is 5.32 Å². The molecule has 2 fully saturated rings. The predicted molar refractivity (Wildman–Crippen MR) is 80.1 cm³/mol. The molecule has 0 aromatic carbocycles. The Hall–Kier alpha value is -0.0900. The van der Waals surface area contributed by atoms with Gasteiger partial charge in [0.2, 0.25) is 0 Å². The molecule has 2 aliphatic rings. The lowest BCUT2D eigenvalue weighted by Gasteiger charge is -2.34. The van der Waals surface area contributed by atoms with E-state index < -0.39 is 9.84 Å². The summed E-state index contributed by atoms with van der Waals surface area (Å²) in [5.41, 5.74) is 0. The van der Waals surface area contributed by atoms with Crippen molar-refractivity contribution in [3.8, 4) is 0 Å². The van der Waals surface area contributed by atoms with Crippen LogP contribution in [-0.2, 0) is 9.84 Å². The van der Waals surface area contributed by atoms with E-state index in [1.807, 2.05) is 0 Å². The highest BCUT2D eigenvalue weighted by molar-refractivity contribution is 7.92. The first-order chi connectivity index (χ1) is 9.13. The maximum absolute atomic E-state index is 12.3. The standard InChI is InChI=1S/C15H29NO2S/c1-2-16-14(12-13-8-4-3-5-9-13)15-10-6-7-11-19(15,17)18/h13-16H,2-12H2,1H3. The van der Waals surface area contributed by atoms with Gasteiger partial charge in [-0.15, -0.1) is 0 Å². The van der Waals surface area contributed by atoms with Crippen molar-refractivity contribution in [2.75, 3.05) is 12.3 Å². The summed E-state index contributed by atoms with van der Waals surface area (Å²) in [6.07, 6.45) is 10.5. The highest BCUT2D eigenvalue weighted by Gasteiger charge is 2.36. The highest BCUT2D eigenvalue weighted by atomic mass is 32.2. The molecule has 1 heterocycles. The molecule has 19 heavy (non-hydrogen) atoms. The lowest BCUT2D eigenvalue weighted by atomic mass is 9.83. The molecule has 1 aliphatic carbocycles. The van der Waals surface area contributed by atoms with E-state index in [2.05, 4.69) is 12.2 Å². The molecule has 1 saturated heterocycles. The molecule has 0 bridgehead atoms. The van der Waals surface area contributed by atoms with Gasteiger partial charge in [-0.1, -0.05) is 45.4 Å². The molecular formula is C15H29NO2S. The molecule has 4 heteroatoms. The number of hydrogen-bond acceptors (Lipinski definition) is 3. The smallest absolute Gasteiger partial charge is 0.154 e. The number of hydrogen-bond donors (Lipinski definition) is 1. The zero-order chi connectivity index (χ0) is 13.7. The van der Waals surface area contributed by atoms with Crippen molar-refractivity contribution in [3.63, 3.8) is 0 Å². The van der Waals surface area contributed by atoms with Crippen LogP contribution in [0.1, 0.15) is 64.7 Å². The molecule has 2 rings (SSSR count). The molecule has 112 valence electrons. The maximum atomic E-state index is 12.3. The van der Waals surface area contributed by atoms with E-state index in [4.69, 9.17) is 0 Å². The van der Waals surface area contributed by atoms with Crippen LogP contribution >= 0.6 is 0 Å². The third-order valence-corrected chi connectivity index (χ3v) is 7.20. The lowest BCUT2D eigenvalue weighted by Crippen LogP contribution is -2.47. The van der Waals surface area contributed by atoms with E-state index in [0.29, 0.717) is 5.75 Å². The minimum absolute atomic E-state index is 0.122. The summed E-state index contributed by atoms with van der Waals surface area (Å²) in [4.78, 5) is 0. The number of sulfone groups is 1. The van der Waals surface area contributed by atoms with Gasteiger partial charge in [-0.3, -0.25) is 0 Å². The van der Waals surface area contributed by atoms with Crippen LogP contribution in [0.3, 0.4) is 0 Å². The lowest BCUT2D eigenvalue weighted by molar-refractivity contribution is 0.288. The third-order valence-electron chi connectivity index (χ3n) is 4.86. The van der Waals surface area contributed by atoms with E-state index in [1.165, 1.54) is 32.1 Å². The highest BCUT2D eigenvalue weighted by Crippen LogP contribution is 2.31. The Balaban J connectivity index is 2.01. The van der Waals surface area contributed by atoms with Crippen molar-refractivity contribution >= 4 is 9.84 Å². The molecule has 0 amide bonds. The van der Waals surface area contributed by atoms with E-state index in [9.17, 15) is 8.42 Å². The minimum Gasteiger partial charge on any atom is -0.313 e. The summed E-state index contributed by atoms with van der Waals surface area (Å²) in [7, 11) is -2.86. The van der Waals surface area contributed by atoms with Gasteiger partial charge in [0.15, 0.2) is 9.84 Å². The Kier molecular flexibility index (Phi) is 5.70. The molecule has 2 atom stereocenters. The Morgan fingerprint density at radius 1 is 1.05 bits per heavy atom. The van der Waals surface area contributed by atoms with Crippen LogP contribution in [0.2, 0.25) is 0 Å². The van der Waals surface area contributed by atoms with Crippen molar-refractivity contribution in [2.24, 2.45) is 5.92 Å². The summed E-state index contributed by atoms with van der Waals surface area (Å²) in [5, 5.41) is 3.35. The third kappa shape index (κ3) is 4.19. The van der Waals surface area contributed by atoms with Crippen molar-refractivity contribution in [3.05, 3.63) is 0 Å². The zero-order valence-electron chi connectivity index (χ0n) is 12.2. The van der Waals surface area contributed by atoms with E-state index in [1.54, 1.807) is 0 Å². The topological polar surface area (TPSA) is 46.2 Å². The maximum Gasteiger partial charge on any atom is 0.154 e. The first-order valence-corrected chi connectivity index (χ1v) is 9.80. The van der Waals surface area contributed by atoms with Gasteiger partial charge in [-0.2, -0.15) is 0 Å². The van der Waals surface area contributed by atoms with Crippen molar-refractivity contribution in [1.29, 1.82) is 0 Å². The zero-order valence-corrected chi connectivity index (χ0v) is 13.1. The van der Waals surface area contributed by atoms with Crippen LogP contribution in [0.15, 0.2) is 0 Å². The molecule has 1 aliphatic heterocycles. The molecule has 2 unspecified atom stereocenters. The van der Waals surface area contributed by atoms with Gasteiger partial charge in [-0.25, -0.2) is 8.42 Å². The fraction of sp³-hybridized carbons (Fsp3) is 1.00.